The van der Waals surface area contributed by atoms with Crippen LogP contribution in [-0.2, 0) is 20.7 Å². The van der Waals surface area contributed by atoms with E-state index in [-0.39, 0.29) is 34.1 Å². The average Bonchev–Trinajstić information content (AvgIpc) is 3.15. The normalized spacial score (nSPS) is 11.0. The molecule has 0 aromatic heterocycles. The zero-order valence-electron chi connectivity index (χ0n) is 44.3. The second-order valence-electron chi connectivity index (χ2n) is 20.1. The first kappa shape index (κ1) is 78.0. The van der Waals surface area contributed by atoms with E-state index in [2.05, 4.69) is 226 Å². The van der Waals surface area contributed by atoms with Crippen molar-refractivity contribution in [3.63, 3.8) is 0 Å². The molecule has 0 radical (unpaired) electrons. The highest BCUT2D eigenvalue weighted by molar-refractivity contribution is 7.97. The monoisotopic (exact) mass is 993 g/mol. The zero-order valence-corrected chi connectivity index (χ0v) is 45.9. The summed E-state index contributed by atoms with van der Waals surface area (Å²) in [6.45, 7) is 35.3. The van der Waals surface area contributed by atoms with Gasteiger partial charge in [0.05, 0.1) is 0 Å². The first-order valence-corrected chi connectivity index (χ1v) is 26.0. The molecule has 4 aromatic rings. The SMILES string of the molecule is C.C.CC(C)(C(F)(F)F)C(F)(F)F.CC(C)(C)C.CC(C)(C)c1ccccc1.CC(C)(c1ccccc1)c1ccccc1.CC(C)C.CC(C)c1ccccc1.CCC.CS(C)(=O)=O.CSC. The number of hydrogen-bond acceptors (Lipinski definition) is 3. The fourth-order valence-corrected chi connectivity index (χ4v) is 3.81. The summed E-state index contributed by atoms with van der Waals surface area (Å²) in [6, 6.07) is 42.3. The van der Waals surface area contributed by atoms with Gasteiger partial charge in [0, 0.05) is 17.9 Å². The second-order valence-corrected chi connectivity index (χ2v) is 23.3. The number of thioether (sulfide) groups is 1. The predicted octanol–water partition coefficient (Wildman–Crippen LogP) is 20.0. The molecule has 392 valence electrons. The molecule has 0 saturated carbocycles. The van der Waals surface area contributed by atoms with Crippen LogP contribution in [0.1, 0.15) is 174 Å². The van der Waals surface area contributed by atoms with Gasteiger partial charge in [-0.1, -0.05) is 253 Å². The molecule has 10 heteroatoms. The molecule has 0 heterocycles. The maximum Gasteiger partial charge on any atom is 0.402 e. The Bertz CT molecular complexity index is 1680. The quantitative estimate of drug-likeness (QED) is 0.192. The molecule has 67 heavy (non-hydrogen) atoms. The van der Waals surface area contributed by atoms with Gasteiger partial charge < -0.3 is 0 Å². The highest BCUT2D eigenvalue weighted by Gasteiger charge is 2.64. The van der Waals surface area contributed by atoms with E-state index in [9.17, 15) is 34.8 Å². The van der Waals surface area contributed by atoms with E-state index in [4.69, 9.17) is 0 Å². The van der Waals surface area contributed by atoms with E-state index in [0.717, 1.165) is 18.4 Å². The van der Waals surface area contributed by atoms with Crippen molar-refractivity contribution in [2.45, 2.75) is 175 Å². The number of sulfone groups is 1. The molecular formula is C57H98F6O2S2. The van der Waals surface area contributed by atoms with E-state index in [1.54, 1.807) is 11.8 Å². The molecule has 0 amide bonds. The van der Waals surface area contributed by atoms with Gasteiger partial charge in [-0.2, -0.15) is 38.1 Å². The standard InChI is InChI=1S/C15H16.C10H14.C9H12.C5H6F6.C5H12.C4H10.C3H8.C2H6O2S.C2H6S.2CH4/c1-15(2,13-9-5-3-6-10-13)14-11-7-4-8-12-14;1-10(2,3)9-7-5-4-6-8-9;1-8(2)9-6-4-3-5-7-9;1-3(2,4(6,7)8)5(9,10)11;1-5(2,3)4;1-4(2)3;1-3-2;1-5(2,3)4;1-3-2;;/h3-12H,1-2H3;4-8H,1-3H3;3-8H,1-2H3;1-2H3;1-4H3;4H,1-3H3;3H2,1-2H3;1-2H3;1-2H3;2*1H4. The van der Waals surface area contributed by atoms with Gasteiger partial charge in [-0.15, -0.1) is 0 Å². The molecule has 2 nitrogen and oxygen atoms in total. The molecule has 0 unspecified atom stereocenters. The topological polar surface area (TPSA) is 34.1 Å². The van der Waals surface area contributed by atoms with Crippen LogP contribution < -0.4 is 0 Å². The summed E-state index contributed by atoms with van der Waals surface area (Å²) in [4.78, 5) is 0. The highest BCUT2D eigenvalue weighted by Crippen LogP contribution is 2.49. The van der Waals surface area contributed by atoms with E-state index in [0.29, 0.717) is 16.7 Å². The number of halogens is 6. The Labute approximate surface area is 414 Å². The second kappa shape index (κ2) is 38.6. The molecule has 0 spiro atoms. The van der Waals surface area contributed by atoms with Crippen LogP contribution in [0.4, 0.5) is 26.3 Å². The summed E-state index contributed by atoms with van der Waals surface area (Å²) in [5.74, 6) is 1.49. The Hall–Kier alpha value is -3.24. The van der Waals surface area contributed by atoms with Crippen LogP contribution in [0.25, 0.3) is 0 Å². The van der Waals surface area contributed by atoms with Gasteiger partial charge in [0.2, 0.25) is 0 Å². The Morgan fingerprint density at radius 3 is 0.776 bits per heavy atom. The van der Waals surface area contributed by atoms with Crippen LogP contribution in [0.15, 0.2) is 121 Å². The molecular weight excluding hydrogens is 895 g/mol. The first-order chi connectivity index (χ1) is 29.2. The van der Waals surface area contributed by atoms with Crippen LogP contribution in [-0.4, -0.2) is 45.8 Å². The molecule has 0 aliphatic carbocycles. The van der Waals surface area contributed by atoms with E-state index < -0.39 is 27.6 Å². The molecule has 0 N–H and O–H groups in total. The molecule has 0 aliphatic rings. The third-order valence-corrected chi connectivity index (χ3v) is 7.51. The van der Waals surface area contributed by atoms with Crippen molar-refractivity contribution < 1.29 is 34.8 Å². The molecule has 0 fully saturated rings. The summed E-state index contributed by atoms with van der Waals surface area (Å²) in [5, 5.41) is 0. The lowest BCUT2D eigenvalue weighted by Crippen LogP contribution is -2.44. The first-order valence-electron chi connectivity index (χ1n) is 22.1. The van der Waals surface area contributed by atoms with Crippen molar-refractivity contribution >= 4 is 21.6 Å². The Morgan fingerprint density at radius 1 is 0.478 bits per heavy atom. The fraction of sp³-hybridized carbons (Fsp3) is 0.579. The smallest absolute Gasteiger partial charge is 0.229 e. The third kappa shape index (κ3) is 49.0. The molecule has 0 atom stereocenters. The van der Waals surface area contributed by atoms with Gasteiger partial charge in [0.25, 0.3) is 0 Å². The van der Waals surface area contributed by atoms with Crippen molar-refractivity contribution in [2.24, 2.45) is 16.7 Å². The number of alkyl halides is 6. The average molecular weight is 994 g/mol. The van der Waals surface area contributed by atoms with Gasteiger partial charge >= 0.3 is 12.4 Å². The third-order valence-electron chi connectivity index (χ3n) is 7.51. The summed E-state index contributed by atoms with van der Waals surface area (Å²) in [7, 11) is -2.67. The maximum atomic E-state index is 11.6. The highest BCUT2D eigenvalue weighted by atomic mass is 32.2. The van der Waals surface area contributed by atoms with E-state index in [1.165, 1.54) is 28.7 Å². The minimum atomic E-state index is -5.24. The molecule has 4 aromatic carbocycles. The predicted molar refractivity (Wildman–Crippen MR) is 292 cm³/mol. The Kier molecular flexibility index (Phi) is 44.9. The fourth-order valence-electron chi connectivity index (χ4n) is 3.81. The van der Waals surface area contributed by atoms with Crippen LogP contribution in [0.5, 0.6) is 0 Å². The van der Waals surface area contributed by atoms with Crippen molar-refractivity contribution in [3.8, 4) is 0 Å². The van der Waals surface area contributed by atoms with Gasteiger partial charge in [0.1, 0.15) is 9.84 Å². The van der Waals surface area contributed by atoms with E-state index >= 15 is 0 Å². The molecule has 4 rings (SSSR count). The van der Waals surface area contributed by atoms with Gasteiger partial charge in [-0.05, 0) is 71.3 Å². The van der Waals surface area contributed by atoms with Crippen LogP contribution in [0, 0.1) is 16.7 Å². The summed E-state index contributed by atoms with van der Waals surface area (Å²) >= 11 is 1.75. The maximum absolute atomic E-state index is 11.6. The summed E-state index contributed by atoms with van der Waals surface area (Å²) in [5.41, 5.74) is 2.78. The van der Waals surface area contributed by atoms with E-state index in [1.807, 2.05) is 18.6 Å². The van der Waals surface area contributed by atoms with Gasteiger partial charge in [-0.25, -0.2) is 8.42 Å². The van der Waals surface area contributed by atoms with Crippen LogP contribution in [0.2, 0.25) is 0 Å². The summed E-state index contributed by atoms with van der Waals surface area (Å²) in [6.07, 6.45) is -2.84. The summed E-state index contributed by atoms with van der Waals surface area (Å²) < 4.78 is 88.9. The lowest BCUT2D eigenvalue weighted by molar-refractivity contribution is -0.327. The zero-order chi connectivity index (χ0) is 52.5. The number of rotatable bonds is 3. The minimum absolute atomic E-state index is 0. The largest absolute Gasteiger partial charge is 0.402 e. The van der Waals surface area contributed by atoms with Crippen LogP contribution in [0.3, 0.4) is 0 Å². The Morgan fingerprint density at radius 2 is 0.657 bits per heavy atom. The van der Waals surface area contributed by atoms with Crippen molar-refractivity contribution in [2.75, 3.05) is 25.0 Å². The Balaban J connectivity index is -0.000000127. The number of hydrogen-bond donors (Lipinski definition) is 0. The van der Waals surface area contributed by atoms with Gasteiger partial charge in [-0.3, -0.25) is 0 Å². The van der Waals surface area contributed by atoms with Crippen molar-refractivity contribution in [1.82, 2.24) is 0 Å². The lowest BCUT2D eigenvalue weighted by atomic mass is 9.78. The molecule has 0 bridgehead atoms. The van der Waals surface area contributed by atoms with Crippen LogP contribution >= 0.6 is 11.8 Å². The number of benzene rings is 4. The van der Waals surface area contributed by atoms with Crippen molar-refractivity contribution in [3.05, 3.63) is 144 Å². The minimum Gasteiger partial charge on any atom is -0.229 e. The van der Waals surface area contributed by atoms with Gasteiger partial charge in [0.15, 0.2) is 5.41 Å². The molecule has 0 aliphatic heterocycles. The van der Waals surface area contributed by atoms with Crippen molar-refractivity contribution in [1.29, 1.82) is 0 Å². The molecule has 0 saturated heterocycles. The lowest BCUT2D eigenvalue weighted by Gasteiger charge is -2.29.